The van der Waals surface area contributed by atoms with Gasteiger partial charge in [0.2, 0.25) is 0 Å². The summed E-state index contributed by atoms with van der Waals surface area (Å²) in [5.74, 6) is 1.22. The van der Waals surface area contributed by atoms with Gasteiger partial charge in [-0.25, -0.2) is 4.98 Å². The number of pyridine rings is 1. The Morgan fingerprint density at radius 3 is 2.90 bits per heavy atom. The zero-order valence-corrected chi connectivity index (χ0v) is 16.4. The molecule has 1 aromatic carbocycles. The van der Waals surface area contributed by atoms with Crippen LogP contribution in [0.3, 0.4) is 0 Å². The quantitative estimate of drug-likeness (QED) is 0.522. The van der Waals surface area contributed by atoms with Crippen LogP contribution in [-0.2, 0) is 13.0 Å². The van der Waals surface area contributed by atoms with Crippen molar-refractivity contribution in [3.8, 4) is 5.75 Å². The monoisotopic (exact) mass is 390 g/mol. The number of carbonyl (C=O) groups is 1. The van der Waals surface area contributed by atoms with Gasteiger partial charge in [0, 0.05) is 30.9 Å². The van der Waals surface area contributed by atoms with Gasteiger partial charge in [-0.3, -0.25) is 4.79 Å². The normalized spacial score (nSPS) is 11.0. The van der Waals surface area contributed by atoms with E-state index in [1.54, 1.807) is 18.2 Å². The molecular formula is C22H22N4O3. The lowest BCUT2D eigenvalue weighted by molar-refractivity contribution is 0.0953. The molecule has 3 aromatic heterocycles. The van der Waals surface area contributed by atoms with Crippen LogP contribution in [0.4, 0.5) is 0 Å². The molecule has 0 spiro atoms. The third-order valence-corrected chi connectivity index (χ3v) is 4.74. The number of carbonyl (C=O) groups excluding carboxylic acids is 1. The molecule has 0 fully saturated rings. The molecule has 0 aliphatic heterocycles. The van der Waals surface area contributed by atoms with E-state index in [0.29, 0.717) is 30.9 Å². The summed E-state index contributed by atoms with van der Waals surface area (Å²) in [5, 5.41) is 6.86. The molecule has 0 unspecified atom stereocenters. The van der Waals surface area contributed by atoms with Gasteiger partial charge in [-0.15, -0.1) is 0 Å². The minimum absolute atomic E-state index is 0.142. The van der Waals surface area contributed by atoms with Gasteiger partial charge in [-0.05, 0) is 44.2 Å². The molecule has 0 saturated carbocycles. The molecule has 4 aromatic rings. The van der Waals surface area contributed by atoms with E-state index in [2.05, 4.69) is 15.5 Å². The Morgan fingerprint density at radius 1 is 1.21 bits per heavy atom. The second kappa shape index (κ2) is 8.18. The Labute approximate surface area is 168 Å². The Morgan fingerprint density at radius 2 is 2.10 bits per heavy atom. The molecule has 0 atom stereocenters. The van der Waals surface area contributed by atoms with Crippen molar-refractivity contribution in [2.24, 2.45) is 0 Å². The van der Waals surface area contributed by atoms with Crippen molar-refractivity contribution in [3.05, 3.63) is 83.1 Å². The summed E-state index contributed by atoms with van der Waals surface area (Å²) in [6.07, 6.45) is 4.60. The molecule has 3 heterocycles. The molecule has 0 aliphatic rings. The van der Waals surface area contributed by atoms with Gasteiger partial charge in [0.25, 0.3) is 5.91 Å². The molecule has 1 N–H and O–H groups in total. The number of aryl methyl sites for hydroxylation is 2. The molecule has 0 bridgehead atoms. The lowest BCUT2D eigenvalue weighted by atomic mass is 10.2. The maximum atomic E-state index is 12.5. The second-order valence-corrected chi connectivity index (χ2v) is 6.82. The third-order valence-electron chi connectivity index (χ3n) is 4.74. The van der Waals surface area contributed by atoms with E-state index in [9.17, 15) is 4.79 Å². The highest BCUT2D eigenvalue weighted by molar-refractivity contribution is 5.94. The van der Waals surface area contributed by atoms with Gasteiger partial charge in [0.05, 0.1) is 17.0 Å². The van der Waals surface area contributed by atoms with Crippen molar-refractivity contribution in [2.75, 3.05) is 6.54 Å². The van der Waals surface area contributed by atoms with Crippen molar-refractivity contribution in [2.45, 2.75) is 26.9 Å². The summed E-state index contributed by atoms with van der Waals surface area (Å²) >= 11 is 0. The third kappa shape index (κ3) is 4.29. The minimum Gasteiger partial charge on any atom is -0.489 e. The number of ether oxygens (including phenoxy) is 1. The largest absolute Gasteiger partial charge is 0.489 e. The van der Waals surface area contributed by atoms with Crippen molar-refractivity contribution in [3.63, 3.8) is 0 Å². The standard InChI is InChI=1S/C22H22N4O3/c1-15-20(16(2)29-25-15)14-28-19-7-5-6-17(12-19)22(27)23-10-9-18-13-26-11-4-3-8-21(26)24-18/h3-8,11-13H,9-10,14H2,1-2H3,(H,23,27). The van der Waals surface area contributed by atoms with Crippen LogP contribution in [0.1, 0.15) is 33.1 Å². The smallest absolute Gasteiger partial charge is 0.251 e. The van der Waals surface area contributed by atoms with Gasteiger partial charge >= 0.3 is 0 Å². The van der Waals surface area contributed by atoms with Crippen molar-refractivity contribution >= 4 is 11.6 Å². The SMILES string of the molecule is Cc1noc(C)c1COc1cccc(C(=O)NCCc2cn3ccccc3n2)c1. The molecular weight excluding hydrogens is 368 g/mol. The lowest BCUT2D eigenvalue weighted by Gasteiger charge is -2.08. The Kier molecular flexibility index (Phi) is 5.29. The fourth-order valence-corrected chi connectivity index (χ4v) is 3.10. The van der Waals surface area contributed by atoms with E-state index in [-0.39, 0.29) is 5.91 Å². The first-order chi connectivity index (χ1) is 14.1. The van der Waals surface area contributed by atoms with Crippen LogP contribution in [0.2, 0.25) is 0 Å². The van der Waals surface area contributed by atoms with Crippen molar-refractivity contribution in [1.82, 2.24) is 19.9 Å². The summed E-state index contributed by atoms with van der Waals surface area (Å²) in [7, 11) is 0. The molecule has 1 amide bonds. The van der Waals surface area contributed by atoms with Gasteiger partial charge in [0.1, 0.15) is 23.8 Å². The summed E-state index contributed by atoms with van der Waals surface area (Å²) in [5.41, 5.74) is 4.12. The topological polar surface area (TPSA) is 81.7 Å². The van der Waals surface area contributed by atoms with Gasteiger partial charge < -0.3 is 19.0 Å². The Balaban J connectivity index is 1.33. The van der Waals surface area contributed by atoms with Gasteiger partial charge in [-0.1, -0.05) is 17.3 Å². The summed E-state index contributed by atoms with van der Waals surface area (Å²) in [6, 6.07) is 13.0. The highest BCUT2D eigenvalue weighted by Crippen LogP contribution is 2.18. The van der Waals surface area contributed by atoms with E-state index in [1.807, 2.05) is 54.9 Å². The zero-order chi connectivity index (χ0) is 20.2. The average Bonchev–Trinajstić information content (AvgIpc) is 3.29. The number of fused-ring (bicyclic) bond motifs is 1. The Bertz CT molecular complexity index is 1090. The van der Waals surface area contributed by atoms with Crippen LogP contribution in [0.25, 0.3) is 5.65 Å². The zero-order valence-electron chi connectivity index (χ0n) is 16.4. The number of imidazole rings is 1. The van der Waals surface area contributed by atoms with E-state index >= 15 is 0 Å². The van der Waals surface area contributed by atoms with E-state index in [0.717, 1.165) is 28.4 Å². The van der Waals surface area contributed by atoms with Crippen LogP contribution in [0.15, 0.2) is 59.4 Å². The molecule has 7 nitrogen and oxygen atoms in total. The van der Waals surface area contributed by atoms with E-state index in [1.165, 1.54) is 0 Å². The summed E-state index contributed by atoms with van der Waals surface area (Å²) < 4.78 is 12.9. The number of hydrogen-bond donors (Lipinski definition) is 1. The molecule has 148 valence electrons. The van der Waals surface area contributed by atoms with Crippen molar-refractivity contribution in [1.29, 1.82) is 0 Å². The fraction of sp³-hybridized carbons (Fsp3) is 0.227. The van der Waals surface area contributed by atoms with Gasteiger partial charge in [0.15, 0.2) is 0 Å². The van der Waals surface area contributed by atoms with E-state index < -0.39 is 0 Å². The van der Waals surface area contributed by atoms with Crippen LogP contribution >= 0.6 is 0 Å². The van der Waals surface area contributed by atoms with Crippen LogP contribution < -0.4 is 10.1 Å². The molecule has 0 saturated heterocycles. The number of hydrogen-bond acceptors (Lipinski definition) is 5. The molecule has 29 heavy (non-hydrogen) atoms. The number of nitrogens with zero attached hydrogens (tertiary/aromatic N) is 3. The fourth-order valence-electron chi connectivity index (χ4n) is 3.10. The van der Waals surface area contributed by atoms with Crippen LogP contribution in [-0.4, -0.2) is 27.0 Å². The number of benzene rings is 1. The summed E-state index contributed by atoms with van der Waals surface area (Å²) in [4.78, 5) is 17.0. The molecule has 0 aliphatic carbocycles. The van der Waals surface area contributed by atoms with E-state index in [4.69, 9.17) is 9.26 Å². The highest BCUT2D eigenvalue weighted by atomic mass is 16.5. The second-order valence-electron chi connectivity index (χ2n) is 6.82. The first kappa shape index (κ1) is 18.7. The minimum atomic E-state index is -0.142. The highest BCUT2D eigenvalue weighted by Gasteiger charge is 2.11. The predicted molar refractivity (Wildman–Crippen MR) is 108 cm³/mol. The Hall–Kier alpha value is -3.61. The lowest BCUT2D eigenvalue weighted by Crippen LogP contribution is -2.25. The first-order valence-corrected chi connectivity index (χ1v) is 9.45. The predicted octanol–water partition coefficient (Wildman–Crippen LogP) is 3.49. The molecule has 7 heteroatoms. The molecule has 0 radical (unpaired) electrons. The van der Waals surface area contributed by atoms with Gasteiger partial charge in [-0.2, -0.15) is 0 Å². The number of rotatable bonds is 7. The van der Waals surface area contributed by atoms with Crippen molar-refractivity contribution < 1.29 is 14.1 Å². The maximum Gasteiger partial charge on any atom is 0.251 e. The maximum absolute atomic E-state index is 12.5. The first-order valence-electron chi connectivity index (χ1n) is 9.45. The number of amides is 1. The average molecular weight is 390 g/mol. The molecule has 4 rings (SSSR count). The van der Waals surface area contributed by atoms with Crippen LogP contribution in [0, 0.1) is 13.8 Å². The number of aromatic nitrogens is 3. The van der Waals surface area contributed by atoms with Crippen LogP contribution in [0.5, 0.6) is 5.75 Å². The summed E-state index contributed by atoms with van der Waals surface area (Å²) in [6.45, 7) is 4.58. The number of nitrogens with one attached hydrogen (secondary N) is 1.